The SMILES string of the molecule is CCn1cc2c(n1)-c1cc(Cl)ccc1-n1cnc(-c3noc(COC(C)(C)C)n3)c1C2. The monoisotopic (exact) mass is 438 g/mol. The van der Waals surface area contributed by atoms with E-state index in [0.717, 1.165) is 34.7 Å². The number of nitrogens with zero attached hydrogens (tertiary/aromatic N) is 6. The van der Waals surface area contributed by atoms with Crippen molar-refractivity contribution in [2.75, 3.05) is 0 Å². The van der Waals surface area contributed by atoms with Crippen molar-refractivity contribution in [3.05, 3.63) is 52.9 Å². The number of halogens is 1. The summed E-state index contributed by atoms with van der Waals surface area (Å²) in [6.45, 7) is 9.06. The summed E-state index contributed by atoms with van der Waals surface area (Å²) in [5, 5.41) is 9.62. The Balaban J connectivity index is 1.60. The maximum absolute atomic E-state index is 6.33. The Hall–Kier alpha value is -2.97. The van der Waals surface area contributed by atoms with Crippen molar-refractivity contribution >= 4 is 11.6 Å². The van der Waals surface area contributed by atoms with Gasteiger partial charge in [0.25, 0.3) is 5.89 Å². The minimum Gasteiger partial charge on any atom is -0.366 e. The topological polar surface area (TPSA) is 83.8 Å². The molecule has 4 heterocycles. The van der Waals surface area contributed by atoms with E-state index in [0.29, 0.717) is 28.9 Å². The predicted molar refractivity (Wildman–Crippen MR) is 116 cm³/mol. The summed E-state index contributed by atoms with van der Waals surface area (Å²) in [5.41, 5.74) is 5.35. The first kappa shape index (κ1) is 20.0. The van der Waals surface area contributed by atoms with E-state index in [9.17, 15) is 0 Å². The first-order chi connectivity index (χ1) is 14.8. The molecule has 31 heavy (non-hydrogen) atoms. The zero-order valence-corrected chi connectivity index (χ0v) is 18.6. The normalized spacial score (nSPS) is 12.9. The Labute approximate surface area is 184 Å². The van der Waals surface area contributed by atoms with Gasteiger partial charge in [-0.15, -0.1) is 0 Å². The van der Waals surface area contributed by atoms with Gasteiger partial charge in [0.05, 0.1) is 22.7 Å². The fourth-order valence-corrected chi connectivity index (χ4v) is 3.87. The van der Waals surface area contributed by atoms with Crippen LogP contribution in [0.25, 0.3) is 28.5 Å². The van der Waals surface area contributed by atoms with Crippen molar-refractivity contribution in [2.45, 2.75) is 52.9 Å². The first-order valence-corrected chi connectivity index (χ1v) is 10.6. The van der Waals surface area contributed by atoms with Crippen molar-refractivity contribution in [1.82, 2.24) is 29.5 Å². The molecule has 160 valence electrons. The zero-order chi connectivity index (χ0) is 21.8. The molecule has 0 atom stereocenters. The third-order valence-electron chi connectivity index (χ3n) is 5.17. The van der Waals surface area contributed by atoms with E-state index < -0.39 is 0 Å². The molecule has 8 nitrogen and oxygen atoms in total. The smallest absolute Gasteiger partial charge is 0.253 e. The van der Waals surface area contributed by atoms with Crippen LogP contribution in [-0.2, 0) is 24.3 Å². The molecular weight excluding hydrogens is 416 g/mol. The van der Waals surface area contributed by atoms with Gasteiger partial charge in [0.2, 0.25) is 5.82 Å². The van der Waals surface area contributed by atoms with E-state index >= 15 is 0 Å². The number of aryl methyl sites for hydroxylation is 1. The summed E-state index contributed by atoms with van der Waals surface area (Å²) in [7, 11) is 0. The van der Waals surface area contributed by atoms with Gasteiger partial charge in [-0.3, -0.25) is 4.68 Å². The van der Waals surface area contributed by atoms with Gasteiger partial charge >= 0.3 is 0 Å². The molecule has 1 aromatic carbocycles. The molecule has 0 saturated heterocycles. The van der Waals surface area contributed by atoms with Crippen molar-refractivity contribution < 1.29 is 9.26 Å². The summed E-state index contributed by atoms with van der Waals surface area (Å²) in [6.07, 6.45) is 4.50. The molecule has 0 unspecified atom stereocenters. The van der Waals surface area contributed by atoms with Crippen molar-refractivity contribution in [3.8, 4) is 28.5 Å². The molecule has 3 aromatic heterocycles. The Kier molecular flexibility index (Phi) is 4.71. The molecule has 0 saturated carbocycles. The lowest BCUT2D eigenvalue weighted by molar-refractivity contribution is -0.0260. The number of benzene rings is 1. The third-order valence-corrected chi connectivity index (χ3v) is 5.40. The Morgan fingerprint density at radius 1 is 1.23 bits per heavy atom. The summed E-state index contributed by atoms with van der Waals surface area (Å²) in [4.78, 5) is 9.15. The Bertz CT molecular complexity index is 1260. The number of hydrogen-bond donors (Lipinski definition) is 0. The number of ether oxygens (including phenoxy) is 1. The lowest BCUT2D eigenvalue weighted by atomic mass is 10.0. The van der Waals surface area contributed by atoms with Crippen LogP contribution >= 0.6 is 11.6 Å². The molecule has 1 aliphatic heterocycles. The maximum atomic E-state index is 6.33. The highest BCUT2D eigenvalue weighted by molar-refractivity contribution is 6.31. The minimum atomic E-state index is -0.291. The van der Waals surface area contributed by atoms with Crippen molar-refractivity contribution in [1.29, 1.82) is 0 Å². The highest BCUT2D eigenvalue weighted by Crippen LogP contribution is 2.38. The van der Waals surface area contributed by atoms with Crippen LogP contribution in [0.1, 0.15) is 44.8 Å². The highest BCUT2D eigenvalue weighted by Gasteiger charge is 2.27. The molecule has 0 radical (unpaired) electrons. The Morgan fingerprint density at radius 3 is 2.84 bits per heavy atom. The van der Waals surface area contributed by atoms with Crippen LogP contribution in [0.5, 0.6) is 0 Å². The van der Waals surface area contributed by atoms with Crippen LogP contribution in [0.3, 0.4) is 0 Å². The van der Waals surface area contributed by atoms with Gasteiger partial charge in [-0.2, -0.15) is 10.1 Å². The highest BCUT2D eigenvalue weighted by atomic mass is 35.5. The zero-order valence-electron chi connectivity index (χ0n) is 17.9. The van der Waals surface area contributed by atoms with E-state index in [4.69, 9.17) is 26.0 Å². The molecular formula is C22H23ClN6O2. The van der Waals surface area contributed by atoms with Gasteiger partial charge in [-0.25, -0.2) is 4.98 Å². The van der Waals surface area contributed by atoms with E-state index in [-0.39, 0.29) is 12.2 Å². The summed E-state index contributed by atoms with van der Waals surface area (Å²) >= 11 is 6.33. The molecule has 5 rings (SSSR count). The third kappa shape index (κ3) is 3.66. The number of aromatic nitrogens is 6. The van der Waals surface area contributed by atoms with Crippen molar-refractivity contribution in [2.24, 2.45) is 0 Å². The lowest BCUT2D eigenvalue weighted by Crippen LogP contribution is -2.18. The standard InChI is InChI=1S/C22H23ClN6O2/c1-5-28-10-13-8-17-20(21-25-18(31-27-21)11-30-22(2,3)4)24-12-29(17)16-7-6-14(23)9-15(16)19(13)26-28/h6-7,9-10,12H,5,8,11H2,1-4H3. The molecule has 0 fully saturated rings. The predicted octanol–water partition coefficient (Wildman–Crippen LogP) is 4.68. The van der Waals surface area contributed by atoms with Crippen LogP contribution in [0.15, 0.2) is 35.2 Å². The molecule has 0 bridgehead atoms. The fraction of sp³-hybridized carbons (Fsp3) is 0.364. The van der Waals surface area contributed by atoms with E-state index in [1.807, 2.05) is 43.7 Å². The van der Waals surface area contributed by atoms with Crippen LogP contribution in [0.2, 0.25) is 5.02 Å². The second-order valence-corrected chi connectivity index (χ2v) is 8.96. The number of rotatable bonds is 4. The quantitative estimate of drug-likeness (QED) is 0.405. The summed E-state index contributed by atoms with van der Waals surface area (Å²) < 4.78 is 15.2. The van der Waals surface area contributed by atoms with Gasteiger partial charge in [-0.1, -0.05) is 16.8 Å². The Morgan fingerprint density at radius 2 is 2.06 bits per heavy atom. The number of hydrogen-bond acceptors (Lipinski definition) is 6. The molecule has 9 heteroatoms. The molecule has 1 aliphatic rings. The van der Waals surface area contributed by atoms with Gasteiger partial charge in [0.1, 0.15) is 18.6 Å². The number of imidazole rings is 1. The second-order valence-electron chi connectivity index (χ2n) is 8.52. The molecule has 4 aromatic rings. The first-order valence-electron chi connectivity index (χ1n) is 10.2. The van der Waals surface area contributed by atoms with Gasteiger partial charge < -0.3 is 13.8 Å². The fourth-order valence-electron chi connectivity index (χ4n) is 3.69. The van der Waals surface area contributed by atoms with E-state index in [2.05, 4.69) is 32.8 Å². The molecule has 0 aliphatic carbocycles. The largest absolute Gasteiger partial charge is 0.366 e. The second kappa shape index (κ2) is 7.32. The summed E-state index contributed by atoms with van der Waals surface area (Å²) in [6, 6.07) is 5.82. The van der Waals surface area contributed by atoms with Crippen molar-refractivity contribution in [3.63, 3.8) is 0 Å². The molecule has 0 spiro atoms. The van der Waals surface area contributed by atoms with Gasteiger partial charge in [0.15, 0.2) is 0 Å². The summed E-state index contributed by atoms with van der Waals surface area (Å²) in [5.74, 6) is 0.870. The van der Waals surface area contributed by atoms with Crippen LogP contribution in [0, 0.1) is 0 Å². The van der Waals surface area contributed by atoms with Crippen LogP contribution in [0.4, 0.5) is 0 Å². The van der Waals surface area contributed by atoms with E-state index in [1.165, 1.54) is 0 Å². The minimum absolute atomic E-state index is 0.251. The molecule has 0 N–H and O–H groups in total. The van der Waals surface area contributed by atoms with E-state index in [1.54, 1.807) is 6.33 Å². The van der Waals surface area contributed by atoms with Crippen LogP contribution in [-0.4, -0.2) is 35.1 Å². The molecule has 0 amide bonds. The average molecular weight is 439 g/mol. The van der Waals surface area contributed by atoms with Crippen LogP contribution < -0.4 is 0 Å². The van der Waals surface area contributed by atoms with Gasteiger partial charge in [-0.05, 0) is 45.9 Å². The lowest BCUT2D eigenvalue weighted by Gasteiger charge is -2.17. The maximum Gasteiger partial charge on any atom is 0.253 e. The number of fused-ring (bicyclic) bond motifs is 5. The van der Waals surface area contributed by atoms with Gasteiger partial charge in [0, 0.05) is 35.3 Å². The average Bonchev–Trinajstić information content (AvgIpc) is 3.43.